The highest BCUT2D eigenvalue weighted by Crippen LogP contribution is 2.38. The average Bonchev–Trinajstić information content (AvgIpc) is 2.68. The summed E-state index contributed by atoms with van der Waals surface area (Å²) in [5.74, 6) is 0.541. The van der Waals surface area contributed by atoms with E-state index in [1.54, 1.807) is 13.1 Å². The van der Waals surface area contributed by atoms with Crippen LogP contribution in [0, 0.1) is 0 Å². The minimum atomic E-state index is -0.644. The van der Waals surface area contributed by atoms with E-state index in [4.69, 9.17) is 4.74 Å². The highest BCUT2D eigenvalue weighted by molar-refractivity contribution is 5.96. The molecule has 6 nitrogen and oxygen atoms in total. The molecule has 0 N–H and O–H groups in total. The quantitative estimate of drug-likeness (QED) is 0.714. The summed E-state index contributed by atoms with van der Waals surface area (Å²) in [7, 11) is 0. The van der Waals surface area contributed by atoms with Crippen molar-refractivity contribution in [2.75, 3.05) is 11.4 Å². The van der Waals surface area contributed by atoms with E-state index < -0.39 is 11.7 Å². The number of pyridine rings is 1. The largest absolute Gasteiger partial charge is 0.443 e. The molecule has 1 saturated heterocycles. The second-order valence-electron chi connectivity index (χ2n) is 8.29. The first-order valence-corrected chi connectivity index (χ1v) is 10.1. The normalized spacial score (nSPS) is 17.0. The molecule has 0 spiro atoms. The van der Waals surface area contributed by atoms with E-state index in [1.807, 2.05) is 68.1 Å². The van der Waals surface area contributed by atoms with Crippen molar-refractivity contribution >= 4 is 23.5 Å². The number of likely N-dealkylation sites (tertiary alicyclic amines) is 1. The summed E-state index contributed by atoms with van der Waals surface area (Å²) >= 11 is 0. The SMILES string of the molecule is CC(=O)N1CCCC[C@H]1c1cccnc1N(C(=O)OC(C)(C)C)c1ccccc1. The van der Waals surface area contributed by atoms with Gasteiger partial charge in [0, 0.05) is 25.2 Å². The molecule has 1 aliphatic rings. The number of nitrogens with zero attached hydrogens (tertiary/aromatic N) is 3. The summed E-state index contributed by atoms with van der Waals surface area (Å²) in [6.07, 6.45) is 4.03. The Morgan fingerprint density at radius 3 is 2.48 bits per heavy atom. The van der Waals surface area contributed by atoms with Crippen LogP contribution < -0.4 is 4.90 Å². The predicted molar refractivity (Wildman–Crippen MR) is 113 cm³/mol. The van der Waals surface area contributed by atoms with Gasteiger partial charge in [0.2, 0.25) is 5.91 Å². The first kappa shape index (κ1) is 20.8. The van der Waals surface area contributed by atoms with E-state index in [9.17, 15) is 9.59 Å². The molecule has 2 heterocycles. The maximum Gasteiger partial charge on any atom is 0.420 e. The smallest absolute Gasteiger partial charge is 0.420 e. The number of amides is 2. The molecule has 0 saturated carbocycles. The molecule has 1 aromatic heterocycles. The number of rotatable bonds is 3. The van der Waals surface area contributed by atoms with Crippen LogP contribution in [0.4, 0.5) is 16.3 Å². The Bertz CT molecular complexity index is 861. The minimum absolute atomic E-state index is 0.0352. The summed E-state index contributed by atoms with van der Waals surface area (Å²) in [6, 6.07) is 13.0. The molecule has 1 aliphatic heterocycles. The van der Waals surface area contributed by atoms with Crippen LogP contribution in [-0.2, 0) is 9.53 Å². The van der Waals surface area contributed by atoms with Crippen molar-refractivity contribution in [1.82, 2.24) is 9.88 Å². The molecule has 1 fully saturated rings. The van der Waals surface area contributed by atoms with Gasteiger partial charge < -0.3 is 9.64 Å². The van der Waals surface area contributed by atoms with Crippen molar-refractivity contribution in [3.63, 3.8) is 0 Å². The topological polar surface area (TPSA) is 62.7 Å². The second-order valence-corrected chi connectivity index (χ2v) is 8.29. The van der Waals surface area contributed by atoms with Crippen molar-refractivity contribution in [2.24, 2.45) is 0 Å². The standard InChI is InChI=1S/C23H29N3O3/c1-17(27)25-16-9-8-14-20(25)19-13-10-15-24-21(19)26(18-11-6-5-7-12-18)22(28)29-23(2,3)4/h5-7,10-13,15,20H,8-9,14,16H2,1-4H3/t20-/m0/s1. The van der Waals surface area contributed by atoms with Gasteiger partial charge in [0.25, 0.3) is 0 Å². The number of para-hydroxylation sites is 1. The van der Waals surface area contributed by atoms with Gasteiger partial charge in [-0.15, -0.1) is 0 Å². The number of anilines is 2. The van der Waals surface area contributed by atoms with Gasteiger partial charge in [-0.1, -0.05) is 24.3 Å². The van der Waals surface area contributed by atoms with Gasteiger partial charge in [0.1, 0.15) is 11.4 Å². The van der Waals surface area contributed by atoms with Crippen LogP contribution in [-0.4, -0.2) is 34.0 Å². The molecule has 1 aromatic carbocycles. The Morgan fingerprint density at radius 1 is 1.10 bits per heavy atom. The van der Waals surface area contributed by atoms with Gasteiger partial charge in [-0.2, -0.15) is 0 Å². The molecular weight excluding hydrogens is 366 g/mol. The van der Waals surface area contributed by atoms with Crippen LogP contribution in [0.25, 0.3) is 0 Å². The zero-order valence-corrected chi connectivity index (χ0v) is 17.6. The fraction of sp³-hybridized carbons (Fsp3) is 0.435. The molecule has 154 valence electrons. The number of hydrogen-bond acceptors (Lipinski definition) is 4. The Hall–Kier alpha value is -2.89. The fourth-order valence-corrected chi connectivity index (χ4v) is 3.69. The number of carbonyl (C=O) groups is 2. The summed E-state index contributed by atoms with van der Waals surface area (Å²) in [4.78, 5) is 33.4. The van der Waals surface area contributed by atoms with Crippen LogP contribution >= 0.6 is 0 Å². The van der Waals surface area contributed by atoms with Crippen LogP contribution in [0.3, 0.4) is 0 Å². The average molecular weight is 396 g/mol. The zero-order valence-electron chi connectivity index (χ0n) is 17.6. The van der Waals surface area contributed by atoms with E-state index in [0.717, 1.165) is 24.8 Å². The molecule has 0 unspecified atom stereocenters. The third-order valence-corrected chi connectivity index (χ3v) is 4.89. The zero-order chi connectivity index (χ0) is 21.0. The Balaban J connectivity index is 2.09. The van der Waals surface area contributed by atoms with E-state index in [2.05, 4.69) is 4.98 Å². The molecule has 2 amide bonds. The van der Waals surface area contributed by atoms with E-state index >= 15 is 0 Å². The molecular formula is C23H29N3O3. The Morgan fingerprint density at radius 2 is 1.83 bits per heavy atom. The maximum atomic E-state index is 13.2. The molecule has 1 atom stereocenters. The number of aromatic nitrogens is 1. The van der Waals surface area contributed by atoms with Gasteiger partial charge in [-0.05, 0) is 58.2 Å². The lowest BCUT2D eigenvalue weighted by Crippen LogP contribution is -2.39. The van der Waals surface area contributed by atoms with Crippen LogP contribution in [0.1, 0.15) is 58.6 Å². The maximum absolute atomic E-state index is 13.2. The van der Waals surface area contributed by atoms with Crippen molar-refractivity contribution in [3.8, 4) is 0 Å². The number of hydrogen-bond donors (Lipinski definition) is 0. The molecule has 0 aliphatic carbocycles. The van der Waals surface area contributed by atoms with E-state index in [-0.39, 0.29) is 11.9 Å². The summed E-state index contributed by atoms with van der Waals surface area (Å²) in [5, 5.41) is 0. The lowest BCUT2D eigenvalue weighted by molar-refractivity contribution is -0.132. The third-order valence-electron chi connectivity index (χ3n) is 4.89. The third kappa shape index (κ3) is 4.94. The van der Waals surface area contributed by atoms with Crippen molar-refractivity contribution < 1.29 is 14.3 Å². The molecule has 2 aromatic rings. The van der Waals surface area contributed by atoms with Crippen molar-refractivity contribution in [3.05, 3.63) is 54.2 Å². The first-order valence-electron chi connectivity index (χ1n) is 10.1. The van der Waals surface area contributed by atoms with Crippen molar-refractivity contribution in [1.29, 1.82) is 0 Å². The second kappa shape index (κ2) is 8.64. The summed E-state index contributed by atoms with van der Waals surface area (Å²) < 4.78 is 5.69. The van der Waals surface area contributed by atoms with Gasteiger partial charge in [-0.25, -0.2) is 14.7 Å². The lowest BCUT2D eigenvalue weighted by Gasteiger charge is -2.37. The molecule has 3 rings (SSSR count). The minimum Gasteiger partial charge on any atom is -0.443 e. The molecule has 29 heavy (non-hydrogen) atoms. The lowest BCUT2D eigenvalue weighted by atomic mass is 9.95. The first-order chi connectivity index (χ1) is 13.8. The van der Waals surface area contributed by atoms with Gasteiger partial charge in [0.05, 0.1) is 11.7 Å². The van der Waals surface area contributed by atoms with Crippen molar-refractivity contribution in [2.45, 2.75) is 58.6 Å². The van der Waals surface area contributed by atoms with Gasteiger partial charge in [-0.3, -0.25) is 4.79 Å². The van der Waals surface area contributed by atoms with E-state index in [0.29, 0.717) is 18.1 Å². The molecule has 0 radical (unpaired) electrons. The molecule has 6 heteroatoms. The summed E-state index contributed by atoms with van der Waals surface area (Å²) in [5.41, 5.74) is 0.888. The van der Waals surface area contributed by atoms with Crippen LogP contribution in [0.2, 0.25) is 0 Å². The Labute approximate surface area is 172 Å². The number of ether oxygens (including phenoxy) is 1. The number of carbonyl (C=O) groups excluding carboxylic acids is 2. The number of piperidine rings is 1. The Kier molecular flexibility index (Phi) is 6.20. The fourth-order valence-electron chi connectivity index (χ4n) is 3.69. The van der Waals surface area contributed by atoms with Crippen LogP contribution in [0.5, 0.6) is 0 Å². The van der Waals surface area contributed by atoms with Gasteiger partial charge in [0.15, 0.2) is 0 Å². The summed E-state index contributed by atoms with van der Waals surface area (Å²) in [6.45, 7) is 7.83. The monoisotopic (exact) mass is 395 g/mol. The highest BCUT2D eigenvalue weighted by atomic mass is 16.6. The van der Waals surface area contributed by atoms with Gasteiger partial charge >= 0.3 is 6.09 Å². The van der Waals surface area contributed by atoms with Crippen LogP contribution in [0.15, 0.2) is 48.7 Å². The molecule has 0 bridgehead atoms. The predicted octanol–water partition coefficient (Wildman–Crippen LogP) is 5.23. The highest BCUT2D eigenvalue weighted by Gasteiger charge is 2.33. The van der Waals surface area contributed by atoms with E-state index in [1.165, 1.54) is 4.90 Å². The number of benzene rings is 1.